The Morgan fingerprint density at radius 1 is 1.00 bits per heavy atom. The molecule has 3 aromatic carbocycles. The van der Waals surface area contributed by atoms with Crippen LogP contribution in [0.5, 0.6) is 5.75 Å². The molecule has 0 bridgehead atoms. The molecule has 1 atom stereocenters. The Bertz CT molecular complexity index is 1020. The highest BCUT2D eigenvalue weighted by Crippen LogP contribution is 2.30. The van der Waals surface area contributed by atoms with Gasteiger partial charge in [0.1, 0.15) is 17.5 Å². The van der Waals surface area contributed by atoms with Crippen molar-refractivity contribution in [3.63, 3.8) is 0 Å². The first-order valence-corrected chi connectivity index (χ1v) is 8.95. The van der Waals surface area contributed by atoms with Gasteiger partial charge in [0, 0.05) is 10.4 Å². The maximum atomic E-state index is 6.29. The summed E-state index contributed by atoms with van der Waals surface area (Å²) in [5.74, 6) is 0.857. The molecule has 130 valence electrons. The molecule has 26 heavy (non-hydrogen) atoms. The second kappa shape index (κ2) is 7.18. The molecule has 0 amide bonds. The summed E-state index contributed by atoms with van der Waals surface area (Å²) in [6.07, 6.45) is 2.53. The van der Waals surface area contributed by atoms with Gasteiger partial charge in [-0.05, 0) is 42.1 Å². The Morgan fingerprint density at radius 3 is 2.58 bits per heavy atom. The van der Waals surface area contributed by atoms with Crippen LogP contribution in [0.4, 0.5) is 0 Å². The molecule has 1 heterocycles. The average molecular weight is 364 g/mol. The Hall–Kier alpha value is -2.85. The lowest BCUT2D eigenvalue weighted by Crippen LogP contribution is -2.07. The standard InChI is InChI=1S/C21H18ClN3O/c1-2-20(26-21-9-5-7-15-6-3-4-8-18(15)21)19-14-25(24-23-19)17-12-10-16(22)11-13-17/h3-14,20H,2H2,1H3. The third kappa shape index (κ3) is 3.28. The lowest BCUT2D eigenvalue weighted by Gasteiger charge is -2.16. The summed E-state index contributed by atoms with van der Waals surface area (Å²) >= 11 is 5.95. The van der Waals surface area contributed by atoms with Crippen LogP contribution in [0.3, 0.4) is 0 Å². The maximum Gasteiger partial charge on any atom is 0.144 e. The summed E-state index contributed by atoms with van der Waals surface area (Å²) < 4.78 is 8.03. The van der Waals surface area contributed by atoms with Crippen molar-refractivity contribution in [1.82, 2.24) is 15.0 Å². The predicted molar refractivity (Wildman–Crippen MR) is 104 cm³/mol. The summed E-state index contributed by atoms with van der Waals surface area (Å²) in [5.41, 5.74) is 1.71. The summed E-state index contributed by atoms with van der Waals surface area (Å²) in [7, 11) is 0. The van der Waals surface area contributed by atoms with Gasteiger partial charge in [0.05, 0.1) is 11.9 Å². The summed E-state index contributed by atoms with van der Waals surface area (Å²) in [5, 5.41) is 11.5. The van der Waals surface area contributed by atoms with Gasteiger partial charge in [0.2, 0.25) is 0 Å². The molecule has 0 N–H and O–H groups in total. The van der Waals surface area contributed by atoms with E-state index in [2.05, 4.69) is 35.4 Å². The molecule has 4 aromatic rings. The molecule has 0 saturated heterocycles. The van der Waals surface area contributed by atoms with E-state index in [1.165, 1.54) is 0 Å². The highest BCUT2D eigenvalue weighted by molar-refractivity contribution is 6.30. The van der Waals surface area contributed by atoms with Crippen LogP contribution in [0.25, 0.3) is 16.5 Å². The Morgan fingerprint density at radius 2 is 1.77 bits per heavy atom. The molecule has 0 fully saturated rings. The monoisotopic (exact) mass is 363 g/mol. The number of aromatic nitrogens is 3. The van der Waals surface area contributed by atoms with Gasteiger partial charge >= 0.3 is 0 Å². The predicted octanol–water partition coefficient (Wildman–Crippen LogP) is 5.60. The molecule has 1 aromatic heterocycles. The van der Waals surface area contributed by atoms with E-state index < -0.39 is 0 Å². The second-order valence-electron chi connectivity index (χ2n) is 6.06. The number of hydrogen-bond donors (Lipinski definition) is 0. The number of benzene rings is 3. The van der Waals surface area contributed by atoms with E-state index in [1.54, 1.807) is 4.68 Å². The third-order valence-corrected chi connectivity index (χ3v) is 4.57. The zero-order valence-corrected chi connectivity index (χ0v) is 15.1. The molecule has 5 heteroatoms. The van der Waals surface area contributed by atoms with Crippen LogP contribution in [0.2, 0.25) is 5.02 Å². The number of fused-ring (bicyclic) bond motifs is 1. The smallest absolute Gasteiger partial charge is 0.144 e. The van der Waals surface area contributed by atoms with Gasteiger partial charge in [-0.3, -0.25) is 0 Å². The molecular weight excluding hydrogens is 346 g/mol. The molecule has 1 unspecified atom stereocenters. The summed E-state index contributed by atoms with van der Waals surface area (Å²) in [4.78, 5) is 0. The first kappa shape index (κ1) is 16.6. The van der Waals surface area contributed by atoms with Crippen LogP contribution in [0.15, 0.2) is 72.9 Å². The lowest BCUT2D eigenvalue weighted by molar-refractivity contribution is 0.199. The van der Waals surface area contributed by atoms with Crippen LogP contribution >= 0.6 is 11.6 Å². The van der Waals surface area contributed by atoms with Gasteiger partial charge in [0.25, 0.3) is 0 Å². The van der Waals surface area contributed by atoms with Crippen LogP contribution in [0.1, 0.15) is 25.1 Å². The van der Waals surface area contributed by atoms with Crippen molar-refractivity contribution in [2.24, 2.45) is 0 Å². The highest BCUT2D eigenvalue weighted by Gasteiger charge is 2.17. The minimum Gasteiger partial charge on any atom is -0.483 e. The molecule has 0 aliphatic rings. The largest absolute Gasteiger partial charge is 0.483 e. The number of rotatable bonds is 5. The van der Waals surface area contributed by atoms with Crippen LogP contribution < -0.4 is 4.74 Å². The van der Waals surface area contributed by atoms with E-state index in [-0.39, 0.29) is 6.10 Å². The Labute approximate surface area is 157 Å². The Kier molecular flexibility index (Phi) is 4.59. The van der Waals surface area contributed by atoms with Crippen molar-refractivity contribution < 1.29 is 4.74 Å². The molecule has 4 nitrogen and oxygen atoms in total. The van der Waals surface area contributed by atoms with E-state index in [9.17, 15) is 0 Å². The van der Waals surface area contributed by atoms with E-state index >= 15 is 0 Å². The van der Waals surface area contributed by atoms with Crippen molar-refractivity contribution in [3.8, 4) is 11.4 Å². The fraction of sp³-hybridized carbons (Fsp3) is 0.143. The van der Waals surface area contributed by atoms with Gasteiger partial charge < -0.3 is 4.74 Å². The van der Waals surface area contributed by atoms with Crippen LogP contribution in [-0.2, 0) is 0 Å². The van der Waals surface area contributed by atoms with Crippen molar-refractivity contribution in [2.45, 2.75) is 19.4 Å². The topological polar surface area (TPSA) is 39.9 Å². The molecule has 0 saturated carbocycles. The first-order valence-electron chi connectivity index (χ1n) is 8.57. The average Bonchev–Trinajstić information content (AvgIpc) is 3.16. The van der Waals surface area contributed by atoms with Crippen molar-refractivity contribution in [2.75, 3.05) is 0 Å². The zero-order chi connectivity index (χ0) is 17.9. The number of ether oxygens (including phenoxy) is 1. The molecule has 4 rings (SSSR count). The molecule has 0 radical (unpaired) electrons. The van der Waals surface area contributed by atoms with Crippen LogP contribution in [0, 0.1) is 0 Å². The SMILES string of the molecule is CCC(Oc1cccc2ccccc12)c1cn(-c2ccc(Cl)cc2)nn1. The number of hydrogen-bond acceptors (Lipinski definition) is 3. The fourth-order valence-electron chi connectivity index (χ4n) is 2.95. The van der Waals surface area contributed by atoms with Crippen LogP contribution in [-0.4, -0.2) is 15.0 Å². The molecule has 0 aliphatic heterocycles. The molecule has 0 aliphatic carbocycles. The minimum absolute atomic E-state index is 0.165. The molecule has 0 spiro atoms. The van der Waals surface area contributed by atoms with Gasteiger partial charge in [-0.2, -0.15) is 0 Å². The van der Waals surface area contributed by atoms with Crippen molar-refractivity contribution >= 4 is 22.4 Å². The summed E-state index contributed by atoms with van der Waals surface area (Å²) in [6, 6.07) is 21.8. The third-order valence-electron chi connectivity index (χ3n) is 4.32. The van der Waals surface area contributed by atoms with Gasteiger partial charge in [0.15, 0.2) is 0 Å². The second-order valence-corrected chi connectivity index (χ2v) is 6.49. The normalized spacial score (nSPS) is 12.2. The summed E-state index contributed by atoms with van der Waals surface area (Å²) in [6.45, 7) is 2.08. The van der Waals surface area contributed by atoms with E-state index in [0.717, 1.165) is 34.3 Å². The van der Waals surface area contributed by atoms with E-state index in [1.807, 2.05) is 54.7 Å². The number of halogens is 1. The van der Waals surface area contributed by atoms with Crippen molar-refractivity contribution in [1.29, 1.82) is 0 Å². The van der Waals surface area contributed by atoms with Gasteiger partial charge in [-0.15, -0.1) is 5.10 Å². The lowest BCUT2D eigenvalue weighted by atomic mass is 10.1. The Balaban J connectivity index is 1.62. The van der Waals surface area contributed by atoms with Gasteiger partial charge in [-0.25, -0.2) is 4.68 Å². The maximum absolute atomic E-state index is 6.29. The molecular formula is C21H18ClN3O. The van der Waals surface area contributed by atoms with E-state index in [0.29, 0.717) is 5.02 Å². The zero-order valence-electron chi connectivity index (χ0n) is 14.3. The first-order chi connectivity index (χ1) is 12.7. The fourth-order valence-corrected chi connectivity index (χ4v) is 3.07. The van der Waals surface area contributed by atoms with Gasteiger partial charge in [-0.1, -0.05) is 60.1 Å². The minimum atomic E-state index is -0.165. The van der Waals surface area contributed by atoms with E-state index in [4.69, 9.17) is 16.3 Å². The highest BCUT2D eigenvalue weighted by atomic mass is 35.5. The van der Waals surface area contributed by atoms with Crippen molar-refractivity contribution in [3.05, 3.63) is 83.6 Å². The quantitative estimate of drug-likeness (QED) is 0.463. The number of nitrogens with zero attached hydrogens (tertiary/aromatic N) is 3.